The third kappa shape index (κ3) is 2.79. The minimum Gasteiger partial charge on any atom is -0.312 e. The summed E-state index contributed by atoms with van der Waals surface area (Å²) < 4.78 is 22.9. The van der Waals surface area contributed by atoms with Crippen LogP contribution in [-0.2, 0) is 9.84 Å². The van der Waals surface area contributed by atoms with Crippen LogP contribution >= 0.6 is 0 Å². The SMILES string of the molecule is CC1CS(=O)(=O)CCN1CC(N)(C#N)C1CC1. The molecule has 0 aromatic carbocycles. The van der Waals surface area contributed by atoms with Gasteiger partial charge < -0.3 is 5.73 Å². The first-order chi connectivity index (χ1) is 7.86. The molecule has 17 heavy (non-hydrogen) atoms. The number of hydrogen-bond acceptors (Lipinski definition) is 5. The Kier molecular flexibility index (Phi) is 3.19. The molecule has 2 fully saturated rings. The second-order valence-corrected chi connectivity index (χ2v) is 7.59. The van der Waals surface area contributed by atoms with Crippen molar-refractivity contribution < 1.29 is 8.42 Å². The highest BCUT2D eigenvalue weighted by atomic mass is 32.2. The highest BCUT2D eigenvalue weighted by Crippen LogP contribution is 2.38. The van der Waals surface area contributed by atoms with E-state index in [1.807, 2.05) is 11.8 Å². The van der Waals surface area contributed by atoms with Crippen LogP contribution in [0, 0.1) is 17.2 Å². The Labute approximate surface area is 102 Å². The average Bonchev–Trinajstić information content (AvgIpc) is 3.05. The largest absolute Gasteiger partial charge is 0.312 e. The Balaban J connectivity index is 2.02. The van der Waals surface area contributed by atoms with Crippen molar-refractivity contribution in [3.8, 4) is 6.07 Å². The van der Waals surface area contributed by atoms with Crippen LogP contribution in [0.2, 0.25) is 0 Å². The smallest absolute Gasteiger partial charge is 0.153 e. The molecule has 0 bridgehead atoms. The van der Waals surface area contributed by atoms with Crippen LogP contribution in [0.15, 0.2) is 0 Å². The quantitative estimate of drug-likeness (QED) is 0.752. The van der Waals surface area contributed by atoms with E-state index in [-0.39, 0.29) is 17.5 Å². The Morgan fingerprint density at radius 3 is 2.65 bits per heavy atom. The van der Waals surface area contributed by atoms with Gasteiger partial charge in [0.1, 0.15) is 5.54 Å². The molecule has 2 N–H and O–H groups in total. The molecular formula is C11H19N3O2S. The first kappa shape index (κ1) is 12.8. The Morgan fingerprint density at radius 2 is 2.18 bits per heavy atom. The molecule has 1 aliphatic heterocycles. The van der Waals surface area contributed by atoms with Gasteiger partial charge >= 0.3 is 0 Å². The summed E-state index contributed by atoms with van der Waals surface area (Å²) in [5.74, 6) is 0.654. The van der Waals surface area contributed by atoms with E-state index in [1.165, 1.54) is 0 Å². The van der Waals surface area contributed by atoms with Crippen LogP contribution in [0.5, 0.6) is 0 Å². The molecule has 2 atom stereocenters. The molecule has 1 saturated carbocycles. The van der Waals surface area contributed by atoms with Crippen molar-refractivity contribution in [2.45, 2.75) is 31.3 Å². The van der Waals surface area contributed by atoms with Crippen LogP contribution in [-0.4, -0.2) is 49.5 Å². The van der Waals surface area contributed by atoms with Gasteiger partial charge in [-0.25, -0.2) is 8.42 Å². The van der Waals surface area contributed by atoms with E-state index < -0.39 is 15.4 Å². The molecule has 0 amide bonds. The normalized spacial score (nSPS) is 32.6. The first-order valence-corrected chi connectivity index (χ1v) is 7.83. The minimum atomic E-state index is -2.90. The van der Waals surface area contributed by atoms with E-state index >= 15 is 0 Å². The van der Waals surface area contributed by atoms with Gasteiger partial charge in [-0.15, -0.1) is 0 Å². The summed E-state index contributed by atoms with van der Waals surface area (Å²) in [5.41, 5.74) is 5.31. The Morgan fingerprint density at radius 1 is 1.53 bits per heavy atom. The van der Waals surface area contributed by atoms with Gasteiger partial charge in [0.05, 0.1) is 17.6 Å². The van der Waals surface area contributed by atoms with Crippen LogP contribution in [0.4, 0.5) is 0 Å². The maximum absolute atomic E-state index is 11.5. The number of nitrogens with zero attached hydrogens (tertiary/aromatic N) is 2. The standard InChI is InChI=1S/C11H19N3O2S/c1-9-6-17(15,16)5-4-14(9)8-11(13,7-12)10-2-3-10/h9-10H,2-6,8,13H2,1H3. The predicted octanol–water partition coefficient (Wildman–Crippen LogP) is -0.264. The summed E-state index contributed by atoms with van der Waals surface area (Å²) >= 11 is 0. The second-order valence-electron chi connectivity index (χ2n) is 5.36. The predicted molar refractivity (Wildman–Crippen MR) is 64.9 cm³/mol. The van der Waals surface area contributed by atoms with Gasteiger partial charge in [-0.3, -0.25) is 4.90 Å². The van der Waals surface area contributed by atoms with Gasteiger partial charge in [-0.2, -0.15) is 5.26 Å². The van der Waals surface area contributed by atoms with Crippen molar-refractivity contribution >= 4 is 9.84 Å². The summed E-state index contributed by atoms with van der Waals surface area (Å²) in [7, 11) is -2.90. The van der Waals surface area contributed by atoms with E-state index in [9.17, 15) is 13.7 Å². The molecule has 2 unspecified atom stereocenters. The summed E-state index contributed by atoms with van der Waals surface area (Å²) in [5, 5.41) is 9.20. The maximum atomic E-state index is 11.5. The third-order valence-corrected chi connectivity index (χ3v) is 5.58. The fraction of sp³-hybridized carbons (Fsp3) is 0.909. The zero-order valence-corrected chi connectivity index (χ0v) is 10.9. The van der Waals surface area contributed by atoms with Crippen molar-refractivity contribution in [1.29, 1.82) is 5.26 Å². The minimum absolute atomic E-state index is 0.0382. The molecule has 0 spiro atoms. The lowest BCUT2D eigenvalue weighted by Gasteiger charge is -2.37. The van der Waals surface area contributed by atoms with Crippen molar-refractivity contribution in [2.24, 2.45) is 11.7 Å². The maximum Gasteiger partial charge on any atom is 0.153 e. The van der Waals surface area contributed by atoms with Gasteiger partial charge in [0.15, 0.2) is 9.84 Å². The van der Waals surface area contributed by atoms with Crippen LogP contribution in [0.1, 0.15) is 19.8 Å². The van der Waals surface area contributed by atoms with E-state index in [1.54, 1.807) is 0 Å². The van der Waals surface area contributed by atoms with Crippen LogP contribution in [0.3, 0.4) is 0 Å². The van der Waals surface area contributed by atoms with Crippen LogP contribution < -0.4 is 5.73 Å². The van der Waals surface area contributed by atoms with Gasteiger partial charge in [0.25, 0.3) is 0 Å². The van der Waals surface area contributed by atoms with Gasteiger partial charge in [-0.05, 0) is 25.7 Å². The van der Waals surface area contributed by atoms with Crippen molar-refractivity contribution in [1.82, 2.24) is 4.90 Å². The Bertz CT molecular complexity index is 438. The number of sulfone groups is 1. The topological polar surface area (TPSA) is 87.2 Å². The fourth-order valence-electron chi connectivity index (χ4n) is 2.46. The van der Waals surface area contributed by atoms with Gasteiger partial charge in [-0.1, -0.05) is 0 Å². The summed E-state index contributed by atoms with van der Waals surface area (Å²) in [6, 6.07) is 2.18. The van der Waals surface area contributed by atoms with E-state index in [4.69, 9.17) is 5.73 Å². The Hall–Kier alpha value is -0.640. The van der Waals surface area contributed by atoms with Crippen molar-refractivity contribution in [2.75, 3.05) is 24.6 Å². The molecule has 1 aliphatic carbocycles. The zero-order valence-electron chi connectivity index (χ0n) is 10.1. The number of nitrogens with two attached hydrogens (primary N) is 1. The first-order valence-electron chi connectivity index (χ1n) is 6.01. The molecule has 5 nitrogen and oxygen atoms in total. The highest BCUT2D eigenvalue weighted by molar-refractivity contribution is 7.91. The van der Waals surface area contributed by atoms with Crippen LogP contribution in [0.25, 0.3) is 0 Å². The van der Waals surface area contributed by atoms with Crippen molar-refractivity contribution in [3.05, 3.63) is 0 Å². The molecular weight excluding hydrogens is 238 g/mol. The number of nitriles is 1. The molecule has 6 heteroatoms. The number of rotatable bonds is 3. The fourth-order valence-corrected chi connectivity index (χ4v) is 4.08. The second kappa shape index (κ2) is 4.23. The lowest BCUT2D eigenvalue weighted by atomic mass is 9.95. The van der Waals surface area contributed by atoms with Gasteiger partial charge in [0.2, 0.25) is 0 Å². The third-order valence-electron chi connectivity index (χ3n) is 3.79. The number of hydrogen-bond donors (Lipinski definition) is 1. The average molecular weight is 257 g/mol. The molecule has 0 aromatic rings. The summed E-state index contributed by atoms with van der Waals surface area (Å²) in [4.78, 5) is 2.04. The molecule has 1 saturated heterocycles. The van der Waals surface area contributed by atoms with E-state index in [2.05, 4.69) is 6.07 Å². The molecule has 2 rings (SSSR count). The molecule has 96 valence electrons. The van der Waals surface area contributed by atoms with E-state index in [0.29, 0.717) is 19.0 Å². The summed E-state index contributed by atoms with van der Waals surface area (Å²) in [6.45, 7) is 2.88. The molecule has 2 aliphatic rings. The monoisotopic (exact) mass is 257 g/mol. The molecule has 1 heterocycles. The lowest BCUT2D eigenvalue weighted by Crippen LogP contribution is -2.57. The lowest BCUT2D eigenvalue weighted by molar-refractivity contribution is 0.185. The highest BCUT2D eigenvalue weighted by Gasteiger charge is 2.45. The van der Waals surface area contributed by atoms with Crippen molar-refractivity contribution in [3.63, 3.8) is 0 Å². The molecule has 0 radical (unpaired) electrons. The molecule has 0 aromatic heterocycles. The summed E-state index contributed by atoms with van der Waals surface area (Å²) in [6.07, 6.45) is 2.04. The van der Waals surface area contributed by atoms with Gasteiger partial charge in [0, 0.05) is 19.1 Å². The van der Waals surface area contributed by atoms with E-state index in [0.717, 1.165) is 12.8 Å². The zero-order chi connectivity index (χ0) is 12.7.